The van der Waals surface area contributed by atoms with Crippen LogP contribution in [0.2, 0.25) is 0 Å². The van der Waals surface area contributed by atoms with Crippen molar-refractivity contribution in [3.05, 3.63) is 87.6 Å². The number of aromatic nitrogens is 1. The van der Waals surface area contributed by atoms with Gasteiger partial charge in [-0.2, -0.15) is 0 Å². The van der Waals surface area contributed by atoms with Gasteiger partial charge in [0.2, 0.25) is 11.9 Å². The summed E-state index contributed by atoms with van der Waals surface area (Å²) in [5, 5.41) is 14.2. The van der Waals surface area contributed by atoms with E-state index in [1.165, 1.54) is 13.2 Å². The molecule has 154 valence electrons. The van der Waals surface area contributed by atoms with Gasteiger partial charge in [-0.15, -0.1) is 0 Å². The Morgan fingerprint density at radius 2 is 1.77 bits per heavy atom. The number of methoxy groups -OCH3 is 1. The Morgan fingerprint density at radius 3 is 2.43 bits per heavy atom. The van der Waals surface area contributed by atoms with Crippen LogP contribution in [0.3, 0.4) is 0 Å². The minimum atomic E-state index is -1.14. The van der Waals surface area contributed by atoms with Crippen LogP contribution in [0.25, 0.3) is 0 Å². The highest BCUT2D eigenvalue weighted by atomic mass is 16.6. The molecule has 30 heavy (non-hydrogen) atoms. The van der Waals surface area contributed by atoms with Crippen LogP contribution >= 0.6 is 0 Å². The number of ether oxygens (including phenoxy) is 2. The average Bonchev–Trinajstić information content (AvgIpc) is 2.73. The lowest BCUT2D eigenvalue weighted by Gasteiger charge is -2.20. The number of benzene rings is 2. The van der Waals surface area contributed by atoms with Gasteiger partial charge in [0, 0.05) is 12.5 Å². The number of rotatable bonds is 7. The maximum atomic E-state index is 13.2. The second kappa shape index (κ2) is 9.04. The molecule has 1 aromatic heterocycles. The Kier molecular flexibility index (Phi) is 6.26. The van der Waals surface area contributed by atoms with E-state index in [9.17, 15) is 14.9 Å². The van der Waals surface area contributed by atoms with Gasteiger partial charge < -0.3 is 24.9 Å². The van der Waals surface area contributed by atoms with Crippen molar-refractivity contribution in [2.45, 2.75) is 20.0 Å². The lowest BCUT2D eigenvalue weighted by molar-refractivity contribution is -0.390. The van der Waals surface area contributed by atoms with E-state index >= 15 is 0 Å². The number of carbonyl (C=O) groups excluding carboxylic acids is 1. The maximum Gasteiger partial charge on any atom is 0.406 e. The zero-order valence-corrected chi connectivity index (χ0v) is 16.8. The van der Waals surface area contributed by atoms with Gasteiger partial charge in [0.25, 0.3) is 5.91 Å². The van der Waals surface area contributed by atoms with E-state index in [2.05, 4.69) is 10.3 Å². The predicted octanol–water partition coefficient (Wildman–Crippen LogP) is 4.37. The molecule has 3 aromatic rings. The fourth-order valence-corrected chi connectivity index (χ4v) is 2.90. The summed E-state index contributed by atoms with van der Waals surface area (Å²) >= 11 is 0. The SMILES string of the molecule is COc1ccc(C)cc1NC(=O)[C@H](Oc1ccc(C)nc1[N+](=O)[O-])c1ccccc1. The smallest absolute Gasteiger partial charge is 0.406 e. The summed E-state index contributed by atoms with van der Waals surface area (Å²) in [5.74, 6) is -0.550. The van der Waals surface area contributed by atoms with Crippen molar-refractivity contribution in [1.82, 2.24) is 4.98 Å². The van der Waals surface area contributed by atoms with Crippen molar-refractivity contribution in [2.75, 3.05) is 12.4 Å². The van der Waals surface area contributed by atoms with E-state index in [1.807, 2.05) is 13.0 Å². The highest BCUT2D eigenvalue weighted by Gasteiger charge is 2.28. The molecule has 0 aliphatic carbocycles. The summed E-state index contributed by atoms with van der Waals surface area (Å²) in [6.45, 7) is 3.53. The Hall–Kier alpha value is -3.94. The van der Waals surface area contributed by atoms with Crippen LogP contribution in [0.5, 0.6) is 11.5 Å². The van der Waals surface area contributed by atoms with Gasteiger partial charge >= 0.3 is 5.82 Å². The molecule has 1 amide bonds. The molecule has 8 heteroatoms. The van der Waals surface area contributed by atoms with Gasteiger partial charge in [-0.3, -0.25) is 4.79 Å². The first-order valence-corrected chi connectivity index (χ1v) is 9.18. The van der Waals surface area contributed by atoms with Gasteiger partial charge in [-0.1, -0.05) is 36.4 Å². The summed E-state index contributed by atoms with van der Waals surface area (Å²) in [7, 11) is 1.51. The summed E-state index contributed by atoms with van der Waals surface area (Å²) in [6.07, 6.45) is -1.14. The van der Waals surface area contributed by atoms with Crippen molar-refractivity contribution in [3.8, 4) is 11.5 Å². The number of aryl methyl sites for hydroxylation is 2. The molecule has 1 atom stereocenters. The first-order chi connectivity index (χ1) is 14.4. The summed E-state index contributed by atoms with van der Waals surface area (Å²) < 4.78 is 11.1. The second-order valence-corrected chi connectivity index (χ2v) is 6.63. The van der Waals surface area contributed by atoms with E-state index < -0.39 is 22.8 Å². The Labute approximate surface area is 173 Å². The minimum absolute atomic E-state index is 0.0918. The normalized spacial score (nSPS) is 11.4. The number of amides is 1. The van der Waals surface area contributed by atoms with Gasteiger partial charge in [-0.25, -0.2) is 0 Å². The fraction of sp³-hybridized carbons (Fsp3) is 0.182. The monoisotopic (exact) mass is 407 g/mol. The topological polar surface area (TPSA) is 104 Å². The van der Waals surface area contributed by atoms with Crippen molar-refractivity contribution < 1.29 is 19.2 Å². The molecule has 0 fully saturated rings. The molecule has 1 heterocycles. The number of pyridine rings is 1. The third-order valence-corrected chi connectivity index (χ3v) is 4.35. The van der Waals surface area contributed by atoms with Crippen LogP contribution < -0.4 is 14.8 Å². The van der Waals surface area contributed by atoms with Crippen molar-refractivity contribution in [3.63, 3.8) is 0 Å². The molecule has 0 saturated carbocycles. The van der Waals surface area contributed by atoms with Crippen LogP contribution in [0.1, 0.15) is 22.9 Å². The van der Waals surface area contributed by atoms with Crippen molar-refractivity contribution >= 4 is 17.4 Å². The largest absolute Gasteiger partial charge is 0.495 e. The lowest BCUT2D eigenvalue weighted by atomic mass is 10.1. The number of hydrogen-bond acceptors (Lipinski definition) is 6. The number of nitrogens with zero attached hydrogens (tertiary/aromatic N) is 2. The van der Waals surface area contributed by atoms with Gasteiger partial charge in [0.05, 0.1) is 12.8 Å². The van der Waals surface area contributed by atoms with Crippen LogP contribution in [0.15, 0.2) is 60.7 Å². The van der Waals surface area contributed by atoms with E-state index in [1.54, 1.807) is 55.5 Å². The zero-order chi connectivity index (χ0) is 21.7. The van der Waals surface area contributed by atoms with E-state index in [-0.39, 0.29) is 5.75 Å². The van der Waals surface area contributed by atoms with Crippen LogP contribution in [0.4, 0.5) is 11.5 Å². The first kappa shape index (κ1) is 20.8. The van der Waals surface area contributed by atoms with E-state index in [0.717, 1.165) is 5.56 Å². The van der Waals surface area contributed by atoms with Crippen LogP contribution in [-0.4, -0.2) is 22.9 Å². The molecule has 2 aromatic carbocycles. The Balaban J connectivity index is 1.98. The average molecular weight is 407 g/mol. The van der Waals surface area contributed by atoms with Crippen LogP contribution in [-0.2, 0) is 4.79 Å². The quantitative estimate of drug-likeness (QED) is 0.461. The van der Waals surface area contributed by atoms with Crippen LogP contribution in [0, 0.1) is 24.0 Å². The summed E-state index contributed by atoms with van der Waals surface area (Å²) in [4.78, 5) is 27.9. The molecule has 0 aliphatic heterocycles. The number of nitro groups is 1. The molecule has 0 spiro atoms. The molecular weight excluding hydrogens is 386 g/mol. The molecule has 0 radical (unpaired) electrons. The van der Waals surface area contributed by atoms with E-state index in [0.29, 0.717) is 22.7 Å². The number of anilines is 1. The van der Waals surface area contributed by atoms with Crippen molar-refractivity contribution in [1.29, 1.82) is 0 Å². The fourth-order valence-electron chi connectivity index (χ4n) is 2.90. The molecule has 0 unspecified atom stereocenters. The number of hydrogen-bond donors (Lipinski definition) is 1. The first-order valence-electron chi connectivity index (χ1n) is 9.18. The zero-order valence-electron chi connectivity index (χ0n) is 16.8. The van der Waals surface area contributed by atoms with Gasteiger partial charge in [0.15, 0.2) is 0 Å². The minimum Gasteiger partial charge on any atom is -0.495 e. The molecule has 3 rings (SSSR count). The second-order valence-electron chi connectivity index (χ2n) is 6.63. The third-order valence-electron chi connectivity index (χ3n) is 4.35. The Morgan fingerprint density at radius 1 is 1.07 bits per heavy atom. The number of carbonyl (C=O) groups is 1. The third kappa shape index (κ3) is 4.72. The molecule has 0 saturated heterocycles. The molecule has 0 aliphatic rings. The van der Waals surface area contributed by atoms with Gasteiger partial charge in [-0.05, 0) is 46.7 Å². The van der Waals surface area contributed by atoms with E-state index in [4.69, 9.17) is 9.47 Å². The predicted molar refractivity (Wildman–Crippen MR) is 112 cm³/mol. The highest BCUT2D eigenvalue weighted by molar-refractivity contribution is 5.96. The highest BCUT2D eigenvalue weighted by Crippen LogP contribution is 2.32. The summed E-state index contributed by atoms with van der Waals surface area (Å²) in [6, 6.07) is 17.2. The van der Waals surface area contributed by atoms with Gasteiger partial charge in [0.1, 0.15) is 11.4 Å². The maximum absolute atomic E-state index is 13.2. The lowest BCUT2D eigenvalue weighted by Crippen LogP contribution is -2.26. The molecule has 1 N–H and O–H groups in total. The molecule has 8 nitrogen and oxygen atoms in total. The van der Waals surface area contributed by atoms with Crippen molar-refractivity contribution in [2.24, 2.45) is 0 Å². The standard InChI is InChI=1S/C22H21N3O5/c1-14-9-11-18(29-3)17(13-14)24-22(26)20(16-7-5-4-6-8-16)30-19-12-10-15(2)23-21(19)25(27)28/h4-13,20H,1-3H3,(H,24,26)/t20-/m1/s1. The summed E-state index contributed by atoms with van der Waals surface area (Å²) in [5.41, 5.74) is 2.42. The Bertz CT molecular complexity index is 1070. The molecule has 0 bridgehead atoms. The molecular formula is C22H21N3O5. The number of nitrogens with one attached hydrogen (secondary N) is 1.